The summed E-state index contributed by atoms with van der Waals surface area (Å²) in [5.74, 6) is 0.762. The molecule has 5 nitrogen and oxygen atoms in total. The van der Waals surface area contributed by atoms with Gasteiger partial charge in [-0.05, 0) is 22.0 Å². The predicted molar refractivity (Wildman–Crippen MR) is 65.7 cm³/mol. The van der Waals surface area contributed by atoms with Crippen LogP contribution in [0.4, 0.5) is 5.82 Å². The maximum Gasteiger partial charge on any atom is 0.260 e. The molecule has 0 saturated carbocycles. The zero-order chi connectivity index (χ0) is 12.0. The van der Waals surface area contributed by atoms with Crippen LogP contribution < -0.4 is 4.90 Å². The van der Waals surface area contributed by atoms with E-state index in [4.69, 9.17) is 0 Å². The Morgan fingerprint density at radius 3 is 2.88 bits per heavy atom. The smallest absolute Gasteiger partial charge is 0.260 e. The van der Waals surface area contributed by atoms with Crippen LogP contribution in [-0.2, 0) is 13.6 Å². The van der Waals surface area contributed by atoms with Crippen molar-refractivity contribution in [3.05, 3.63) is 40.3 Å². The van der Waals surface area contributed by atoms with Gasteiger partial charge in [0.05, 0.1) is 17.2 Å². The lowest BCUT2D eigenvalue weighted by atomic mass is 10.2. The fourth-order valence-corrected chi connectivity index (χ4v) is 2.59. The topological polar surface area (TPSA) is 51.0 Å². The van der Waals surface area contributed by atoms with Gasteiger partial charge in [-0.2, -0.15) is 5.10 Å². The maximum absolute atomic E-state index is 12.2. The molecule has 0 atom stereocenters. The number of carbonyl (C=O) groups is 1. The average molecular weight is 293 g/mol. The van der Waals surface area contributed by atoms with Crippen LogP contribution in [0, 0.1) is 0 Å². The average Bonchev–Trinajstić information content (AvgIpc) is 2.82. The summed E-state index contributed by atoms with van der Waals surface area (Å²) in [6, 6.07) is 1.75. The molecule has 1 amide bonds. The Morgan fingerprint density at radius 2 is 2.24 bits per heavy atom. The normalized spacial score (nSPS) is 14.2. The molecule has 6 heteroatoms. The molecule has 2 aromatic heterocycles. The summed E-state index contributed by atoms with van der Waals surface area (Å²) in [4.78, 5) is 18.0. The molecule has 3 rings (SSSR count). The second-order valence-electron chi connectivity index (χ2n) is 3.86. The lowest BCUT2D eigenvalue weighted by Gasteiger charge is -2.16. The fraction of sp³-hybridized carbons (Fsp3) is 0.182. The minimum absolute atomic E-state index is 0.00769. The molecule has 0 aromatic carbocycles. The van der Waals surface area contributed by atoms with Crippen molar-refractivity contribution in [3.8, 4) is 0 Å². The van der Waals surface area contributed by atoms with Gasteiger partial charge in [0.25, 0.3) is 5.91 Å². The number of pyridine rings is 1. The molecule has 0 N–H and O–H groups in total. The van der Waals surface area contributed by atoms with E-state index in [9.17, 15) is 4.79 Å². The Labute approximate surface area is 106 Å². The van der Waals surface area contributed by atoms with Crippen molar-refractivity contribution in [1.29, 1.82) is 0 Å². The first-order valence-corrected chi connectivity index (χ1v) is 5.90. The molecule has 0 unspecified atom stereocenters. The number of rotatable bonds is 1. The summed E-state index contributed by atoms with van der Waals surface area (Å²) in [6.07, 6.45) is 5.06. The number of nitrogens with zero attached hydrogens (tertiary/aromatic N) is 4. The molecule has 86 valence electrons. The van der Waals surface area contributed by atoms with E-state index < -0.39 is 0 Å². The van der Waals surface area contributed by atoms with Crippen molar-refractivity contribution in [2.45, 2.75) is 6.54 Å². The summed E-state index contributed by atoms with van der Waals surface area (Å²) in [7, 11) is 1.81. The van der Waals surface area contributed by atoms with E-state index in [0.717, 1.165) is 15.9 Å². The van der Waals surface area contributed by atoms with Gasteiger partial charge in [-0.3, -0.25) is 19.4 Å². The molecule has 0 bridgehead atoms. The first-order valence-electron chi connectivity index (χ1n) is 5.10. The molecule has 17 heavy (non-hydrogen) atoms. The SMILES string of the molecule is Cn1ncc(Br)c1N1Cc2cnccc2C1=O. The minimum atomic E-state index is -0.00769. The molecule has 0 fully saturated rings. The number of anilines is 1. The van der Waals surface area contributed by atoms with Gasteiger partial charge < -0.3 is 0 Å². The molecular weight excluding hydrogens is 284 g/mol. The number of amides is 1. The van der Waals surface area contributed by atoms with Crippen molar-refractivity contribution >= 4 is 27.7 Å². The first kappa shape index (κ1) is 10.5. The maximum atomic E-state index is 12.2. The number of carbonyl (C=O) groups excluding carboxylic acids is 1. The monoisotopic (exact) mass is 292 g/mol. The number of fused-ring (bicyclic) bond motifs is 1. The highest BCUT2D eigenvalue weighted by atomic mass is 79.9. The number of halogens is 1. The van der Waals surface area contributed by atoms with E-state index in [-0.39, 0.29) is 5.91 Å². The van der Waals surface area contributed by atoms with E-state index in [1.165, 1.54) is 0 Å². The predicted octanol–water partition coefficient (Wildman–Crippen LogP) is 1.74. The highest BCUT2D eigenvalue weighted by Gasteiger charge is 2.31. The summed E-state index contributed by atoms with van der Waals surface area (Å²) < 4.78 is 2.50. The van der Waals surface area contributed by atoms with Crippen LogP contribution >= 0.6 is 15.9 Å². The van der Waals surface area contributed by atoms with E-state index >= 15 is 0 Å². The van der Waals surface area contributed by atoms with Crippen LogP contribution in [0.3, 0.4) is 0 Å². The molecule has 1 aliphatic rings. The van der Waals surface area contributed by atoms with Crippen LogP contribution in [0.2, 0.25) is 0 Å². The van der Waals surface area contributed by atoms with E-state index in [1.807, 2.05) is 7.05 Å². The third-order valence-electron chi connectivity index (χ3n) is 2.83. The lowest BCUT2D eigenvalue weighted by molar-refractivity contribution is 0.0995. The largest absolute Gasteiger partial charge is 0.287 e. The second-order valence-corrected chi connectivity index (χ2v) is 4.72. The van der Waals surface area contributed by atoms with Crippen molar-refractivity contribution in [3.63, 3.8) is 0 Å². The van der Waals surface area contributed by atoms with Gasteiger partial charge in [0.2, 0.25) is 0 Å². The Hall–Kier alpha value is -1.69. The standard InChI is InChI=1S/C11H9BrN4O/c1-15-10(9(12)5-14-15)16-6-7-4-13-3-2-8(7)11(16)17/h2-5H,6H2,1H3. The summed E-state index contributed by atoms with van der Waals surface area (Å²) in [6.45, 7) is 0.542. The van der Waals surface area contributed by atoms with Crippen LogP contribution in [-0.4, -0.2) is 20.7 Å². The van der Waals surface area contributed by atoms with Gasteiger partial charge in [0.1, 0.15) is 5.82 Å². The number of aromatic nitrogens is 3. The van der Waals surface area contributed by atoms with Crippen molar-refractivity contribution < 1.29 is 4.79 Å². The molecule has 0 saturated heterocycles. The molecular formula is C11H9BrN4O. The Balaban J connectivity index is 2.08. The second kappa shape index (κ2) is 3.66. The number of hydrogen-bond acceptors (Lipinski definition) is 3. The number of aryl methyl sites for hydroxylation is 1. The summed E-state index contributed by atoms with van der Waals surface area (Å²) >= 11 is 3.41. The first-order chi connectivity index (χ1) is 8.18. The highest BCUT2D eigenvalue weighted by Crippen LogP contribution is 2.32. The van der Waals surface area contributed by atoms with Crippen molar-refractivity contribution in [2.24, 2.45) is 7.05 Å². The van der Waals surface area contributed by atoms with Gasteiger partial charge in [-0.15, -0.1) is 0 Å². The highest BCUT2D eigenvalue weighted by molar-refractivity contribution is 9.10. The molecule has 1 aliphatic heterocycles. The summed E-state index contributed by atoms with van der Waals surface area (Å²) in [5, 5.41) is 4.12. The van der Waals surface area contributed by atoms with Gasteiger partial charge in [-0.25, -0.2) is 0 Å². The van der Waals surface area contributed by atoms with E-state index in [2.05, 4.69) is 26.0 Å². The van der Waals surface area contributed by atoms with Gasteiger partial charge >= 0.3 is 0 Å². The Bertz CT molecular complexity index is 588. The van der Waals surface area contributed by atoms with Gasteiger partial charge in [0, 0.05) is 30.6 Å². The molecule has 2 aromatic rings. The van der Waals surface area contributed by atoms with Crippen molar-refractivity contribution in [2.75, 3.05) is 4.90 Å². The van der Waals surface area contributed by atoms with Gasteiger partial charge in [0.15, 0.2) is 0 Å². The van der Waals surface area contributed by atoms with E-state index in [1.54, 1.807) is 34.2 Å². The molecule has 0 aliphatic carbocycles. The van der Waals surface area contributed by atoms with Gasteiger partial charge in [-0.1, -0.05) is 0 Å². The third-order valence-corrected chi connectivity index (χ3v) is 3.39. The minimum Gasteiger partial charge on any atom is -0.287 e. The van der Waals surface area contributed by atoms with Crippen LogP contribution in [0.25, 0.3) is 0 Å². The van der Waals surface area contributed by atoms with Crippen LogP contribution in [0.1, 0.15) is 15.9 Å². The fourth-order valence-electron chi connectivity index (χ4n) is 2.03. The zero-order valence-corrected chi connectivity index (χ0v) is 10.7. The molecule has 0 spiro atoms. The van der Waals surface area contributed by atoms with E-state index in [0.29, 0.717) is 12.1 Å². The van der Waals surface area contributed by atoms with Crippen LogP contribution in [0.15, 0.2) is 29.1 Å². The molecule has 3 heterocycles. The zero-order valence-electron chi connectivity index (χ0n) is 9.09. The lowest BCUT2D eigenvalue weighted by Crippen LogP contribution is -2.25. The third kappa shape index (κ3) is 1.48. The Morgan fingerprint density at radius 1 is 1.41 bits per heavy atom. The summed E-state index contributed by atoms with van der Waals surface area (Å²) in [5.41, 5.74) is 1.67. The molecule has 0 radical (unpaired) electrons. The Kier molecular flexibility index (Phi) is 2.25. The van der Waals surface area contributed by atoms with Crippen molar-refractivity contribution in [1.82, 2.24) is 14.8 Å². The quantitative estimate of drug-likeness (QED) is 0.804. The number of hydrogen-bond donors (Lipinski definition) is 0. The van der Waals surface area contributed by atoms with Crippen LogP contribution in [0.5, 0.6) is 0 Å².